The van der Waals surface area contributed by atoms with Crippen molar-refractivity contribution in [2.75, 3.05) is 0 Å². The predicted octanol–water partition coefficient (Wildman–Crippen LogP) is 12.7. The summed E-state index contributed by atoms with van der Waals surface area (Å²) >= 11 is 1.85. The van der Waals surface area contributed by atoms with Crippen LogP contribution in [0.1, 0.15) is 0 Å². The number of para-hydroxylation sites is 1. The van der Waals surface area contributed by atoms with Gasteiger partial charge in [0.2, 0.25) is 0 Å². The minimum atomic E-state index is 0.935. The van der Waals surface area contributed by atoms with Gasteiger partial charge in [-0.05, 0) is 67.7 Å². The van der Waals surface area contributed by atoms with Gasteiger partial charge in [0.05, 0.1) is 0 Å². The lowest BCUT2D eigenvalue weighted by atomic mass is 9.85. The Hall–Kier alpha value is -5.44. The molecule has 44 heavy (non-hydrogen) atoms. The Morgan fingerprint density at radius 1 is 0.386 bits per heavy atom. The number of benzene rings is 8. The summed E-state index contributed by atoms with van der Waals surface area (Å²) in [5, 5.41) is 12.3. The summed E-state index contributed by atoms with van der Waals surface area (Å²) in [6, 6.07) is 53.0. The first-order chi connectivity index (χ1) is 21.8. The summed E-state index contributed by atoms with van der Waals surface area (Å²) in [6.07, 6.45) is 0. The minimum absolute atomic E-state index is 0.935. The first kappa shape index (κ1) is 24.0. The Balaban J connectivity index is 1.30. The van der Waals surface area contributed by atoms with E-state index < -0.39 is 0 Å². The van der Waals surface area contributed by atoms with Crippen molar-refractivity contribution in [1.29, 1.82) is 0 Å². The molecule has 0 saturated heterocycles. The second kappa shape index (κ2) is 9.03. The maximum atomic E-state index is 6.83. The van der Waals surface area contributed by atoms with Crippen molar-refractivity contribution in [2.45, 2.75) is 0 Å². The smallest absolute Gasteiger partial charge is 0.143 e. The molecule has 0 atom stereocenters. The second-order valence-electron chi connectivity index (χ2n) is 11.6. The summed E-state index contributed by atoms with van der Waals surface area (Å²) in [4.78, 5) is 0. The van der Waals surface area contributed by atoms with Gasteiger partial charge >= 0.3 is 0 Å². The molecule has 0 aliphatic carbocycles. The topological polar surface area (TPSA) is 13.1 Å². The number of thiophene rings is 1. The van der Waals surface area contributed by atoms with Crippen LogP contribution >= 0.6 is 11.3 Å². The summed E-state index contributed by atoms with van der Waals surface area (Å²) in [7, 11) is 0. The van der Waals surface area contributed by atoms with Crippen molar-refractivity contribution in [2.24, 2.45) is 0 Å². The Morgan fingerprint density at radius 3 is 1.80 bits per heavy atom. The third kappa shape index (κ3) is 3.35. The highest BCUT2D eigenvalue weighted by molar-refractivity contribution is 7.25. The van der Waals surface area contributed by atoms with Gasteiger partial charge in [-0.1, -0.05) is 121 Å². The second-order valence-corrected chi connectivity index (χ2v) is 12.7. The van der Waals surface area contributed by atoms with Crippen LogP contribution in [0.2, 0.25) is 0 Å². The molecule has 0 fully saturated rings. The lowest BCUT2D eigenvalue weighted by molar-refractivity contribution is 0.670. The molecule has 204 valence electrons. The zero-order valence-electron chi connectivity index (χ0n) is 23.7. The Labute approximate surface area is 257 Å². The van der Waals surface area contributed by atoms with Crippen LogP contribution in [0, 0.1) is 0 Å². The van der Waals surface area contributed by atoms with E-state index in [1.165, 1.54) is 74.6 Å². The highest BCUT2D eigenvalue weighted by atomic mass is 32.1. The van der Waals surface area contributed by atoms with E-state index in [0.717, 1.165) is 22.1 Å². The molecule has 2 aromatic heterocycles. The molecule has 0 bridgehead atoms. The van der Waals surface area contributed by atoms with E-state index in [0.29, 0.717) is 0 Å². The molecule has 8 aromatic carbocycles. The van der Waals surface area contributed by atoms with Crippen LogP contribution in [0.3, 0.4) is 0 Å². The molecule has 1 nitrogen and oxygen atoms in total. The van der Waals surface area contributed by atoms with E-state index in [1.54, 1.807) is 0 Å². The highest BCUT2D eigenvalue weighted by Gasteiger charge is 2.21. The molecule has 0 amide bonds. The summed E-state index contributed by atoms with van der Waals surface area (Å²) in [6.45, 7) is 0. The van der Waals surface area contributed by atoms with Crippen LogP contribution < -0.4 is 0 Å². The van der Waals surface area contributed by atoms with Crippen LogP contribution in [0.5, 0.6) is 0 Å². The van der Waals surface area contributed by atoms with Gasteiger partial charge in [0.25, 0.3) is 0 Å². The van der Waals surface area contributed by atoms with E-state index in [1.807, 2.05) is 11.3 Å². The van der Waals surface area contributed by atoms with Gasteiger partial charge in [0.1, 0.15) is 11.2 Å². The molecule has 0 N–H and O–H groups in total. The first-order valence-electron chi connectivity index (χ1n) is 15.0. The van der Waals surface area contributed by atoms with Crippen molar-refractivity contribution in [3.63, 3.8) is 0 Å². The van der Waals surface area contributed by atoms with Crippen molar-refractivity contribution < 1.29 is 4.42 Å². The van der Waals surface area contributed by atoms with Crippen molar-refractivity contribution in [3.05, 3.63) is 146 Å². The lowest BCUT2D eigenvalue weighted by Crippen LogP contribution is -1.91. The fourth-order valence-corrected chi connectivity index (χ4v) is 8.41. The van der Waals surface area contributed by atoms with Crippen LogP contribution in [0.15, 0.2) is 150 Å². The third-order valence-corrected chi connectivity index (χ3v) is 10.4. The minimum Gasteiger partial charge on any atom is -0.455 e. The summed E-state index contributed by atoms with van der Waals surface area (Å²) in [5.41, 5.74) is 6.73. The standard InChI is InChI=1S/C42H24OS/c1-2-11-26-22-27(21-20-25(26)10-1)40-29-13-3-5-15-31(29)41(32-16-6-4-14-30(32)40)34-18-9-17-33-35-24-39-36(23-37(35)43-42(33)34)28-12-7-8-19-38(28)44-39/h1-24H. The fourth-order valence-electron chi connectivity index (χ4n) is 7.29. The monoisotopic (exact) mass is 576 g/mol. The van der Waals surface area contributed by atoms with Crippen LogP contribution in [-0.2, 0) is 0 Å². The molecular formula is C42H24OS. The molecule has 0 unspecified atom stereocenters. The maximum Gasteiger partial charge on any atom is 0.143 e. The van der Waals surface area contributed by atoms with Crippen LogP contribution in [0.4, 0.5) is 0 Å². The normalized spacial score (nSPS) is 12.1. The molecule has 2 heterocycles. The SMILES string of the molecule is c1ccc2cc(-c3c4ccccc4c(-c4cccc5c4oc4cc6c(cc45)sc4ccccc46)c4ccccc34)ccc2c1. The predicted molar refractivity (Wildman–Crippen MR) is 190 cm³/mol. The van der Waals surface area contributed by atoms with E-state index in [4.69, 9.17) is 4.42 Å². The molecule has 10 rings (SSSR count). The van der Waals surface area contributed by atoms with Gasteiger partial charge in [-0.25, -0.2) is 0 Å². The zero-order chi connectivity index (χ0) is 28.8. The molecule has 0 radical (unpaired) electrons. The number of hydrogen-bond acceptors (Lipinski definition) is 2. The maximum absolute atomic E-state index is 6.83. The van der Waals surface area contributed by atoms with Crippen molar-refractivity contribution >= 4 is 85.8 Å². The van der Waals surface area contributed by atoms with Crippen molar-refractivity contribution in [1.82, 2.24) is 0 Å². The van der Waals surface area contributed by atoms with E-state index >= 15 is 0 Å². The van der Waals surface area contributed by atoms with E-state index in [-0.39, 0.29) is 0 Å². The number of hydrogen-bond donors (Lipinski definition) is 0. The highest BCUT2D eigenvalue weighted by Crippen LogP contribution is 2.47. The molecule has 10 aromatic rings. The Kier molecular flexibility index (Phi) is 4.94. The average Bonchev–Trinajstić information content (AvgIpc) is 3.63. The quantitative estimate of drug-likeness (QED) is 0.187. The van der Waals surface area contributed by atoms with Gasteiger partial charge < -0.3 is 4.42 Å². The molecular weight excluding hydrogens is 553 g/mol. The molecule has 0 aliphatic rings. The Bertz CT molecular complexity index is 2720. The lowest BCUT2D eigenvalue weighted by Gasteiger charge is -2.18. The third-order valence-electron chi connectivity index (χ3n) is 9.24. The van der Waals surface area contributed by atoms with Gasteiger partial charge in [-0.2, -0.15) is 0 Å². The van der Waals surface area contributed by atoms with Gasteiger partial charge in [-0.3, -0.25) is 0 Å². The summed E-state index contributed by atoms with van der Waals surface area (Å²) < 4.78 is 9.43. The molecule has 0 aliphatic heterocycles. The fraction of sp³-hybridized carbons (Fsp3) is 0. The summed E-state index contributed by atoms with van der Waals surface area (Å²) in [5.74, 6) is 0. The largest absolute Gasteiger partial charge is 0.455 e. The Morgan fingerprint density at radius 2 is 1.02 bits per heavy atom. The number of fused-ring (bicyclic) bond motifs is 9. The van der Waals surface area contributed by atoms with E-state index in [2.05, 4.69) is 146 Å². The van der Waals surface area contributed by atoms with Crippen LogP contribution in [-0.4, -0.2) is 0 Å². The molecule has 0 spiro atoms. The molecule has 2 heteroatoms. The first-order valence-corrected chi connectivity index (χ1v) is 15.8. The number of furan rings is 1. The van der Waals surface area contributed by atoms with Crippen molar-refractivity contribution in [3.8, 4) is 22.3 Å². The van der Waals surface area contributed by atoms with Gasteiger partial charge in [-0.15, -0.1) is 11.3 Å². The van der Waals surface area contributed by atoms with Gasteiger partial charge in [0.15, 0.2) is 0 Å². The van der Waals surface area contributed by atoms with E-state index in [9.17, 15) is 0 Å². The molecule has 0 saturated carbocycles. The van der Waals surface area contributed by atoms with Gasteiger partial charge in [0, 0.05) is 42.1 Å². The zero-order valence-corrected chi connectivity index (χ0v) is 24.5. The average molecular weight is 577 g/mol. The van der Waals surface area contributed by atoms with Crippen LogP contribution in [0.25, 0.3) is 96.7 Å². The number of rotatable bonds is 2.